The van der Waals surface area contributed by atoms with Crippen LogP contribution in [0.5, 0.6) is 0 Å². The molecule has 1 amide bonds. The van der Waals surface area contributed by atoms with Crippen molar-refractivity contribution < 1.29 is 33.7 Å². The molecule has 8 nitrogen and oxygen atoms in total. The van der Waals surface area contributed by atoms with E-state index in [1.807, 2.05) is 0 Å². The summed E-state index contributed by atoms with van der Waals surface area (Å²) in [5.41, 5.74) is -1.86. The number of hydrogen-bond acceptors (Lipinski definition) is 7. The van der Waals surface area contributed by atoms with Crippen molar-refractivity contribution in [3.8, 4) is 0 Å². The van der Waals surface area contributed by atoms with Gasteiger partial charge in [-0.2, -0.15) is 0 Å². The van der Waals surface area contributed by atoms with Gasteiger partial charge in [-0.1, -0.05) is 0 Å². The maximum Gasteiger partial charge on any atom is 0.410 e. The van der Waals surface area contributed by atoms with Gasteiger partial charge in [0.05, 0.1) is 26.4 Å². The van der Waals surface area contributed by atoms with Crippen molar-refractivity contribution in [3.63, 3.8) is 0 Å². The standard InChI is InChI=1S/C17H27NO7/c1-4-24-14(20)17(15(21)25-5-2)9-12-8-13(19)7-6-11(12)10-18(17)16(22)23-3/h11-13,19H,4-10H2,1-3H3. The Bertz CT molecular complexity index is 503. The molecule has 25 heavy (non-hydrogen) atoms. The number of hydrogen-bond donors (Lipinski definition) is 1. The zero-order valence-corrected chi connectivity index (χ0v) is 15.0. The van der Waals surface area contributed by atoms with Crippen molar-refractivity contribution in [3.05, 3.63) is 0 Å². The fourth-order valence-electron chi connectivity index (χ4n) is 3.98. The van der Waals surface area contributed by atoms with Crippen LogP contribution in [0.4, 0.5) is 4.79 Å². The number of rotatable bonds is 4. The zero-order chi connectivity index (χ0) is 18.6. The first kappa shape index (κ1) is 19.5. The molecular formula is C17H27NO7. The lowest BCUT2D eigenvalue weighted by Gasteiger charge is -2.50. The number of amides is 1. The van der Waals surface area contributed by atoms with E-state index in [0.29, 0.717) is 12.8 Å². The first-order valence-electron chi connectivity index (χ1n) is 8.78. The Kier molecular flexibility index (Phi) is 6.26. The van der Waals surface area contributed by atoms with Crippen LogP contribution in [0.2, 0.25) is 0 Å². The summed E-state index contributed by atoms with van der Waals surface area (Å²) < 4.78 is 15.1. The highest BCUT2D eigenvalue weighted by molar-refractivity contribution is 6.07. The lowest BCUT2D eigenvalue weighted by atomic mass is 9.67. The van der Waals surface area contributed by atoms with E-state index in [2.05, 4.69) is 0 Å². The van der Waals surface area contributed by atoms with Crippen molar-refractivity contribution in [2.45, 2.75) is 51.2 Å². The topological polar surface area (TPSA) is 102 Å². The van der Waals surface area contributed by atoms with Gasteiger partial charge in [-0.3, -0.25) is 4.90 Å². The third-order valence-corrected chi connectivity index (χ3v) is 5.17. The maximum atomic E-state index is 12.8. The molecule has 0 spiro atoms. The van der Waals surface area contributed by atoms with E-state index in [-0.39, 0.29) is 38.0 Å². The molecule has 1 saturated carbocycles. The number of likely N-dealkylation sites (tertiary alicyclic amines) is 1. The van der Waals surface area contributed by atoms with Crippen LogP contribution in [0.25, 0.3) is 0 Å². The second-order valence-corrected chi connectivity index (χ2v) is 6.57. The van der Waals surface area contributed by atoms with Crippen LogP contribution in [0, 0.1) is 11.8 Å². The Morgan fingerprint density at radius 1 is 1.08 bits per heavy atom. The number of aliphatic hydroxyl groups is 1. The summed E-state index contributed by atoms with van der Waals surface area (Å²) in [6.07, 6.45) is 0.698. The first-order valence-corrected chi connectivity index (χ1v) is 8.78. The number of methoxy groups -OCH3 is 1. The molecule has 1 N–H and O–H groups in total. The highest BCUT2D eigenvalue weighted by atomic mass is 16.6. The number of nitrogens with zero attached hydrogens (tertiary/aromatic N) is 1. The summed E-state index contributed by atoms with van der Waals surface area (Å²) in [4.78, 5) is 39.1. The van der Waals surface area contributed by atoms with Gasteiger partial charge in [0.15, 0.2) is 0 Å². The second kappa shape index (κ2) is 8.03. The number of piperidine rings is 1. The summed E-state index contributed by atoms with van der Waals surface area (Å²) >= 11 is 0. The molecule has 0 aromatic heterocycles. The molecule has 1 heterocycles. The number of carbonyl (C=O) groups excluding carboxylic acids is 3. The van der Waals surface area contributed by atoms with E-state index >= 15 is 0 Å². The van der Waals surface area contributed by atoms with E-state index in [0.717, 1.165) is 11.3 Å². The van der Waals surface area contributed by atoms with Crippen molar-refractivity contribution in [2.24, 2.45) is 11.8 Å². The largest absolute Gasteiger partial charge is 0.464 e. The molecule has 8 heteroatoms. The normalized spacial score (nSPS) is 27.8. The molecule has 0 bridgehead atoms. The van der Waals surface area contributed by atoms with Gasteiger partial charge in [0.2, 0.25) is 5.54 Å². The van der Waals surface area contributed by atoms with E-state index < -0.39 is 29.7 Å². The van der Waals surface area contributed by atoms with Crippen molar-refractivity contribution >= 4 is 18.0 Å². The lowest BCUT2D eigenvalue weighted by molar-refractivity contribution is -0.181. The van der Waals surface area contributed by atoms with Crippen LogP contribution < -0.4 is 0 Å². The summed E-state index contributed by atoms with van der Waals surface area (Å²) in [7, 11) is 1.21. The predicted molar refractivity (Wildman–Crippen MR) is 86.6 cm³/mol. The molecule has 3 unspecified atom stereocenters. The Hall–Kier alpha value is -1.83. The Morgan fingerprint density at radius 3 is 2.20 bits per heavy atom. The average Bonchev–Trinajstić information content (AvgIpc) is 2.60. The third kappa shape index (κ3) is 3.58. The summed E-state index contributed by atoms with van der Waals surface area (Å²) in [5, 5.41) is 9.99. The summed E-state index contributed by atoms with van der Waals surface area (Å²) in [6, 6.07) is 0. The van der Waals surface area contributed by atoms with Gasteiger partial charge in [-0.05, 0) is 51.4 Å². The van der Waals surface area contributed by atoms with Crippen LogP contribution in [-0.2, 0) is 23.8 Å². The minimum Gasteiger partial charge on any atom is -0.464 e. The van der Waals surface area contributed by atoms with Gasteiger partial charge in [0, 0.05) is 6.54 Å². The Balaban J connectivity index is 2.46. The third-order valence-electron chi connectivity index (χ3n) is 5.17. The highest BCUT2D eigenvalue weighted by Crippen LogP contribution is 2.44. The molecule has 0 radical (unpaired) electrons. The van der Waals surface area contributed by atoms with Gasteiger partial charge < -0.3 is 19.3 Å². The number of aliphatic hydroxyl groups excluding tert-OH is 1. The molecule has 1 aliphatic heterocycles. The quantitative estimate of drug-likeness (QED) is 0.456. The molecule has 1 saturated heterocycles. The van der Waals surface area contributed by atoms with Gasteiger partial charge in [0.1, 0.15) is 0 Å². The van der Waals surface area contributed by atoms with E-state index in [4.69, 9.17) is 14.2 Å². The number of fused-ring (bicyclic) bond motifs is 1. The fraction of sp³-hybridized carbons (Fsp3) is 0.824. The van der Waals surface area contributed by atoms with Gasteiger partial charge in [-0.25, -0.2) is 14.4 Å². The Labute approximate surface area is 147 Å². The Morgan fingerprint density at radius 2 is 1.68 bits per heavy atom. The fourth-order valence-corrected chi connectivity index (χ4v) is 3.98. The molecule has 2 fully saturated rings. The van der Waals surface area contributed by atoms with Crippen molar-refractivity contribution in [2.75, 3.05) is 26.9 Å². The smallest absolute Gasteiger partial charge is 0.410 e. The molecule has 3 atom stereocenters. The summed E-state index contributed by atoms with van der Waals surface area (Å²) in [5.74, 6) is -1.59. The number of ether oxygens (including phenoxy) is 3. The van der Waals surface area contributed by atoms with Gasteiger partial charge >= 0.3 is 18.0 Å². The number of esters is 2. The molecule has 1 aliphatic carbocycles. The monoisotopic (exact) mass is 357 g/mol. The van der Waals surface area contributed by atoms with Crippen LogP contribution in [0.3, 0.4) is 0 Å². The molecule has 142 valence electrons. The maximum absolute atomic E-state index is 12.8. The van der Waals surface area contributed by atoms with Gasteiger partial charge in [-0.15, -0.1) is 0 Å². The minimum absolute atomic E-state index is 0.0709. The highest BCUT2D eigenvalue weighted by Gasteiger charge is 2.61. The van der Waals surface area contributed by atoms with Gasteiger partial charge in [0.25, 0.3) is 0 Å². The van der Waals surface area contributed by atoms with Crippen molar-refractivity contribution in [1.29, 1.82) is 0 Å². The molecular weight excluding hydrogens is 330 g/mol. The van der Waals surface area contributed by atoms with E-state index in [1.54, 1.807) is 13.8 Å². The molecule has 0 aromatic carbocycles. The first-order chi connectivity index (χ1) is 11.9. The van der Waals surface area contributed by atoms with Crippen LogP contribution in [0.1, 0.15) is 39.5 Å². The molecule has 0 aromatic rings. The second-order valence-electron chi connectivity index (χ2n) is 6.57. The minimum atomic E-state index is -1.86. The number of carbonyl (C=O) groups is 3. The SMILES string of the molecule is CCOC(=O)C1(C(=O)OCC)CC2CC(O)CCC2CN1C(=O)OC. The zero-order valence-electron chi connectivity index (χ0n) is 15.0. The average molecular weight is 357 g/mol. The predicted octanol–water partition coefficient (Wildman–Crippen LogP) is 1.10. The van der Waals surface area contributed by atoms with Crippen LogP contribution in [0.15, 0.2) is 0 Å². The van der Waals surface area contributed by atoms with E-state index in [1.165, 1.54) is 7.11 Å². The summed E-state index contributed by atoms with van der Waals surface area (Å²) in [6.45, 7) is 3.61. The lowest BCUT2D eigenvalue weighted by Crippen LogP contribution is -2.68. The van der Waals surface area contributed by atoms with E-state index in [9.17, 15) is 19.5 Å². The van der Waals surface area contributed by atoms with Crippen molar-refractivity contribution in [1.82, 2.24) is 4.90 Å². The molecule has 2 rings (SSSR count). The van der Waals surface area contributed by atoms with Crippen LogP contribution in [-0.4, -0.2) is 66.5 Å². The van der Waals surface area contributed by atoms with Crippen LogP contribution >= 0.6 is 0 Å². The molecule has 2 aliphatic rings.